The second kappa shape index (κ2) is 21.9. The third-order valence-corrected chi connectivity index (χ3v) is 8.20. The molecule has 4 aromatic carbocycles. The first-order chi connectivity index (χ1) is 29.1. The SMILES string of the molecule is COC(=O)c1ccc([C@H](C)N)cc1.COC(=O)c1ccc([C@H](C)NC(=O)c2cc(F)cnc2Oc2ccc(F)cc2)cc1.O=C(O)c1cc(F)cnc1Oc1ccc(F)cc1. The molecule has 2 heterocycles. The lowest BCUT2D eigenvalue weighted by Gasteiger charge is -2.16. The van der Waals surface area contributed by atoms with Crippen LogP contribution in [0.1, 0.15) is 78.5 Å². The van der Waals surface area contributed by atoms with Crippen LogP contribution in [0, 0.1) is 23.3 Å². The monoisotopic (exact) mass is 842 g/mol. The Kier molecular flexibility index (Phi) is 16.5. The maximum absolute atomic E-state index is 13.7. The number of aromatic carboxylic acids is 1. The molecule has 17 heteroatoms. The van der Waals surface area contributed by atoms with Crippen LogP contribution in [-0.2, 0) is 9.47 Å². The van der Waals surface area contributed by atoms with Crippen molar-refractivity contribution in [2.24, 2.45) is 5.73 Å². The Balaban J connectivity index is 0.000000223. The van der Waals surface area contributed by atoms with Gasteiger partial charge in [0, 0.05) is 6.04 Å². The Morgan fingerprint density at radius 1 is 0.590 bits per heavy atom. The molecule has 2 atom stereocenters. The van der Waals surface area contributed by atoms with Crippen LogP contribution < -0.4 is 20.5 Å². The van der Waals surface area contributed by atoms with Gasteiger partial charge in [-0.2, -0.15) is 0 Å². The summed E-state index contributed by atoms with van der Waals surface area (Å²) in [5.41, 5.74) is 7.80. The first-order valence-corrected chi connectivity index (χ1v) is 17.9. The van der Waals surface area contributed by atoms with E-state index in [4.69, 9.17) is 20.3 Å². The summed E-state index contributed by atoms with van der Waals surface area (Å²) in [6.45, 7) is 3.63. The van der Waals surface area contributed by atoms with E-state index in [0.717, 1.165) is 47.8 Å². The van der Waals surface area contributed by atoms with Gasteiger partial charge in [0.15, 0.2) is 0 Å². The number of esters is 2. The summed E-state index contributed by atoms with van der Waals surface area (Å²) in [5, 5.41) is 11.6. The first kappa shape index (κ1) is 46.0. The summed E-state index contributed by atoms with van der Waals surface area (Å²) in [5.74, 6) is -5.06. The van der Waals surface area contributed by atoms with Crippen molar-refractivity contribution >= 4 is 23.8 Å². The summed E-state index contributed by atoms with van der Waals surface area (Å²) in [6.07, 6.45) is 1.76. The molecule has 1 amide bonds. The number of carbonyl (C=O) groups is 4. The number of aromatic nitrogens is 2. The number of nitrogens with one attached hydrogen (secondary N) is 1. The number of nitrogens with two attached hydrogens (primary N) is 1. The Morgan fingerprint density at radius 3 is 1.38 bits per heavy atom. The second-order valence-electron chi connectivity index (χ2n) is 12.6. The fourth-order valence-corrected chi connectivity index (χ4v) is 4.98. The van der Waals surface area contributed by atoms with Crippen molar-refractivity contribution in [3.05, 3.63) is 178 Å². The summed E-state index contributed by atoms with van der Waals surface area (Å²) in [4.78, 5) is 53.6. The van der Waals surface area contributed by atoms with E-state index in [1.807, 2.05) is 19.1 Å². The molecule has 13 nitrogen and oxygen atoms in total. The molecular formula is C44H38F4N4O9. The third kappa shape index (κ3) is 13.7. The molecule has 0 unspecified atom stereocenters. The highest BCUT2D eigenvalue weighted by Crippen LogP contribution is 2.26. The van der Waals surface area contributed by atoms with Crippen molar-refractivity contribution in [2.75, 3.05) is 14.2 Å². The summed E-state index contributed by atoms with van der Waals surface area (Å²) >= 11 is 0. The zero-order valence-electron chi connectivity index (χ0n) is 32.9. The molecule has 6 aromatic rings. The highest BCUT2D eigenvalue weighted by atomic mass is 19.1. The molecule has 316 valence electrons. The number of carboxylic acid groups (broad SMARTS) is 1. The quantitative estimate of drug-likeness (QED) is 0.0832. The molecule has 6 rings (SSSR count). The zero-order valence-corrected chi connectivity index (χ0v) is 32.9. The van der Waals surface area contributed by atoms with Crippen molar-refractivity contribution in [1.29, 1.82) is 0 Å². The molecule has 0 spiro atoms. The number of benzene rings is 4. The van der Waals surface area contributed by atoms with Crippen LogP contribution >= 0.6 is 0 Å². The molecule has 0 aliphatic rings. The van der Waals surface area contributed by atoms with Crippen LogP contribution in [0.15, 0.2) is 122 Å². The predicted octanol–water partition coefficient (Wildman–Crippen LogP) is 8.77. The first-order valence-electron chi connectivity index (χ1n) is 17.9. The Bertz CT molecular complexity index is 2440. The number of amides is 1. The van der Waals surface area contributed by atoms with Crippen LogP contribution in [0.2, 0.25) is 0 Å². The average Bonchev–Trinajstić information content (AvgIpc) is 3.26. The van der Waals surface area contributed by atoms with E-state index in [0.29, 0.717) is 11.1 Å². The minimum Gasteiger partial charge on any atom is -0.477 e. The minimum absolute atomic E-state index is 0.00769. The van der Waals surface area contributed by atoms with Gasteiger partial charge < -0.3 is 35.1 Å². The van der Waals surface area contributed by atoms with Crippen molar-refractivity contribution in [3.63, 3.8) is 0 Å². The van der Waals surface area contributed by atoms with Gasteiger partial charge >= 0.3 is 17.9 Å². The van der Waals surface area contributed by atoms with Crippen molar-refractivity contribution in [3.8, 4) is 23.3 Å². The highest BCUT2D eigenvalue weighted by molar-refractivity contribution is 5.96. The molecular weight excluding hydrogens is 804 g/mol. The van der Waals surface area contributed by atoms with Crippen LogP contribution in [0.4, 0.5) is 17.6 Å². The number of methoxy groups -OCH3 is 2. The molecule has 0 fully saturated rings. The molecule has 61 heavy (non-hydrogen) atoms. The number of carboxylic acids is 1. The van der Waals surface area contributed by atoms with E-state index in [-0.39, 0.29) is 40.8 Å². The Hall–Kier alpha value is -7.66. The lowest BCUT2D eigenvalue weighted by Crippen LogP contribution is -2.27. The Labute approximate surface area is 346 Å². The molecule has 0 aliphatic heterocycles. The number of halogens is 4. The van der Waals surface area contributed by atoms with Gasteiger partial charge in [-0.1, -0.05) is 24.3 Å². The summed E-state index contributed by atoms with van der Waals surface area (Å²) in [7, 11) is 2.65. The van der Waals surface area contributed by atoms with Crippen molar-refractivity contribution in [1.82, 2.24) is 15.3 Å². The lowest BCUT2D eigenvalue weighted by atomic mass is 10.1. The van der Waals surface area contributed by atoms with Gasteiger partial charge in [0.25, 0.3) is 5.91 Å². The predicted molar refractivity (Wildman–Crippen MR) is 212 cm³/mol. The largest absolute Gasteiger partial charge is 0.477 e. The number of rotatable bonds is 11. The molecule has 0 saturated carbocycles. The van der Waals surface area contributed by atoms with Crippen LogP contribution in [0.25, 0.3) is 0 Å². The summed E-state index contributed by atoms with van der Waals surface area (Å²) < 4.78 is 72.2. The normalized spacial score (nSPS) is 11.2. The highest BCUT2D eigenvalue weighted by Gasteiger charge is 2.20. The third-order valence-electron chi connectivity index (χ3n) is 8.20. The van der Waals surface area contributed by atoms with Crippen molar-refractivity contribution < 1.29 is 60.8 Å². The second-order valence-corrected chi connectivity index (χ2v) is 12.6. The molecule has 2 aromatic heterocycles. The van der Waals surface area contributed by atoms with E-state index in [9.17, 15) is 36.7 Å². The number of hydrogen-bond donors (Lipinski definition) is 3. The fraction of sp³-hybridized carbons (Fsp3) is 0.136. The molecule has 0 aliphatic carbocycles. The van der Waals surface area contributed by atoms with Gasteiger partial charge in [-0.05, 0) is 110 Å². The van der Waals surface area contributed by atoms with Crippen LogP contribution in [0.5, 0.6) is 23.3 Å². The van der Waals surface area contributed by atoms with E-state index >= 15 is 0 Å². The maximum Gasteiger partial charge on any atom is 0.341 e. The molecule has 0 radical (unpaired) electrons. The van der Waals surface area contributed by atoms with Gasteiger partial charge in [0.2, 0.25) is 11.8 Å². The molecule has 4 N–H and O–H groups in total. The number of nitrogens with zero attached hydrogens (tertiary/aromatic N) is 2. The van der Waals surface area contributed by atoms with Gasteiger partial charge in [0.05, 0.1) is 43.8 Å². The van der Waals surface area contributed by atoms with E-state index in [1.165, 1.54) is 50.6 Å². The number of pyridine rings is 2. The minimum atomic E-state index is -1.36. The summed E-state index contributed by atoms with van der Waals surface area (Å²) in [6, 6.07) is 25.0. The number of ether oxygens (including phenoxy) is 4. The van der Waals surface area contributed by atoms with Crippen molar-refractivity contribution in [2.45, 2.75) is 25.9 Å². The van der Waals surface area contributed by atoms with Crippen LogP contribution in [-0.4, -0.2) is 53.1 Å². The fourth-order valence-electron chi connectivity index (χ4n) is 4.98. The Morgan fingerprint density at radius 2 is 0.984 bits per heavy atom. The van der Waals surface area contributed by atoms with Gasteiger partial charge in [0.1, 0.15) is 45.9 Å². The van der Waals surface area contributed by atoms with E-state index in [2.05, 4.69) is 24.8 Å². The lowest BCUT2D eigenvalue weighted by molar-refractivity contribution is 0.0592. The molecule has 0 saturated heterocycles. The standard InChI is InChI=1S/C22H18F2N2O4.C12H7F2NO3.C10H13NO2/c1-13(14-3-5-15(6-4-14)22(28)29-2)26-20(27)19-11-17(24)12-25-21(19)30-18-9-7-16(23)8-10-18;13-7-1-3-9(4-2-7)18-11-10(12(16)17)5-8(14)6-15-11;1-7(11)8-3-5-9(6-4-8)10(12)13-2/h3-13H,1-2H3,(H,26,27);1-6H,(H,16,17);3-7H,11H2,1-2H3/t13-;;7-/m0.0/s1. The topological polar surface area (TPSA) is 189 Å². The van der Waals surface area contributed by atoms with Crippen LogP contribution in [0.3, 0.4) is 0 Å². The smallest absolute Gasteiger partial charge is 0.341 e. The van der Waals surface area contributed by atoms with Gasteiger partial charge in [-0.3, -0.25) is 4.79 Å². The number of hydrogen-bond acceptors (Lipinski definition) is 11. The van der Waals surface area contributed by atoms with Gasteiger partial charge in [-0.15, -0.1) is 0 Å². The van der Waals surface area contributed by atoms with Gasteiger partial charge in [-0.25, -0.2) is 41.9 Å². The molecule has 0 bridgehead atoms. The maximum atomic E-state index is 13.7. The average molecular weight is 843 g/mol. The van der Waals surface area contributed by atoms with E-state index in [1.54, 1.807) is 43.3 Å². The zero-order chi connectivity index (χ0) is 44.6. The number of carbonyl (C=O) groups excluding carboxylic acids is 3. The van der Waals surface area contributed by atoms with E-state index < -0.39 is 52.7 Å².